The molecule has 2 N–H and O–H groups in total. The van der Waals surface area contributed by atoms with Crippen LogP contribution in [0.5, 0.6) is 5.75 Å². The van der Waals surface area contributed by atoms with Gasteiger partial charge in [-0.05, 0) is 30.7 Å². The minimum atomic E-state index is -1.10. The number of carbonyl (C=O) groups is 2. The van der Waals surface area contributed by atoms with Gasteiger partial charge in [-0.15, -0.1) is 0 Å². The van der Waals surface area contributed by atoms with E-state index < -0.39 is 12.1 Å². The number of carbonyl (C=O) groups excluding carboxylic acids is 1. The standard InChI is InChI=1S/C18H18ClNO5/c1-12(20-18(23)25-11-13-5-3-2-4-6-13)10-24-14-7-8-15(17(21)22)16(19)9-14/h2-9,12H,10-11H2,1H3,(H,20,23)(H,21,22). The zero-order valence-corrected chi connectivity index (χ0v) is 14.3. The van der Waals surface area contributed by atoms with Gasteiger partial charge in [0.15, 0.2) is 0 Å². The van der Waals surface area contributed by atoms with Crippen molar-refractivity contribution >= 4 is 23.7 Å². The molecule has 0 aliphatic heterocycles. The zero-order chi connectivity index (χ0) is 18.2. The normalized spacial score (nSPS) is 11.4. The van der Waals surface area contributed by atoms with Crippen LogP contribution < -0.4 is 10.1 Å². The van der Waals surface area contributed by atoms with Gasteiger partial charge < -0.3 is 19.9 Å². The molecule has 2 rings (SSSR count). The highest BCUT2D eigenvalue weighted by Gasteiger charge is 2.12. The summed E-state index contributed by atoms with van der Waals surface area (Å²) in [6, 6.07) is 13.4. The zero-order valence-electron chi connectivity index (χ0n) is 13.6. The van der Waals surface area contributed by atoms with Crippen molar-refractivity contribution in [3.8, 4) is 5.75 Å². The van der Waals surface area contributed by atoms with Gasteiger partial charge in [0.05, 0.1) is 16.6 Å². The first-order valence-electron chi connectivity index (χ1n) is 7.58. The predicted octanol–water partition coefficient (Wildman–Crippen LogP) is 3.73. The lowest BCUT2D eigenvalue weighted by Gasteiger charge is -2.15. The molecular formula is C18H18ClNO5. The van der Waals surface area contributed by atoms with Gasteiger partial charge in [-0.1, -0.05) is 41.9 Å². The molecule has 1 atom stereocenters. The molecule has 7 heteroatoms. The van der Waals surface area contributed by atoms with Crippen molar-refractivity contribution < 1.29 is 24.2 Å². The summed E-state index contributed by atoms with van der Waals surface area (Å²) in [5, 5.41) is 11.7. The molecule has 2 aromatic carbocycles. The number of benzene rings is 2. The lowest BCUT2D eigenvalue weighted by atomic mass is 10.2. The second kappa shape index (κ2) is 8.94. The van der Waals surface area contributed by atoms with Crippen LogP contribution in [0, 0.1) is 0 Å². The molecule has 0 aromatic heterocycles. The molecule has 25 heavy (non-hydrogen) atoms. The number of hydrogen-bond donors (Lipinski definition) is 2. The van der Waals surface area contributed by atoms with Gasteiger partial charge in [-0.2, -0.15) is 0 Å². The molecule has 6 nitrogen and oxygen atoms in total. The molecule has 0 fully saturated rings. The number of carboxylic acids is 1. The summed E-state index contributed by atoms with van der Waals surface area (Å²) < 4.78 is 10.6. The third-order valence-corrected chi connectivity index (χ3v) is 3.56. The van der Waals surface area contributed by atoms with E-state index in [9.17, 15) is 9.59 Å². The molecule has 0 bridgehead atoms. The van der Waals surface area contributed by atoms with Crippen LogP contribution in [0.25, 0.3) is 0 Å². The van der Waals surface area contributed by atoms with E-state index in [0.29, 0.717) is 5.75 Å². The van der Waals surface area contributed by atoms with Crippen molar-refractivity contribution in [2.45, 2.75) is 19.6 Å². The first-order chi connectivity index (χ1) is 12.0. The van der Waals surface area contributed by atoms with Crippen LogP contribution in [0.3, 0.4) is 0 Å². The number of amides is 1. The number of nitrogens with one attached hydrogen (secondary N) is 1. The molecule has 132 valence electrons. The van der Waals surface area contributed by atoms with Gasteiger partial charge in [0, 0.05) is 0 Å². The Morgan fingerprint density at radius 3 is 2.56 bits per heavy atom. The van der Waals surface area contributed by atoms with Crippen LogP contribution in [0.2, 0.25) is 5.02 Å². The Hall–Kier alpha value is -2.73. The summed E-state index contributed by atoms with van der Waals surface area (Å²) in [4.78, 5) is 22.6. The predicted molar refractivity (Wildman–Crippen MR) is 93.1 cm³/mol. The molecule has 1 amide bonds. The lowest BCUT2D eigenvalue weighted by Crippen LogP contribution is -2.37. The van der Waals surface area contributed by atoms with Crippen LogP contribution in [-0.2, 0) is 11.3 Å². The van der Waals surface area contributed by atoms with E-state index in [2.05, 4.69) is 5.32 Å². The van der Waals surface area contributed by atoms with Gasteiger partial charge in [0.2, 0.25) is 0 Å². The van der Waals surface area contributed by atoms with E-state index in [1.54, 1.807) is 6.92 Å². The van der Waals surface area contributed by atoms with Crippen LogP contribution in [0.1, 0.15) is 22.8 Å². The van der Waals surface area contributed by atoms with Crippen molar-refractivity contribution in [2.75, 3.05) is 6.61 Å². The lowest BCUT2D eigenvalue weighted by molar-refractivity contribution is 0.0697. The summed E-state index contributed by atoms with van der Waals surface area (Å²) in [6.45, 7) is 2.13. The highest BCUT2D eigenvalue weighted by Crippen LogP contribution is 2.22. The van der Waals surface area contributed by atoms with Crippen molar-refractivity contribution in [3.05, 3.63) is 64.7 Å². The highest BCUT2D eigenvalue weighted by molar-refractivity contribution is 6.33. The summed E-state index contributed by atoms with van der Waals surface area (Å²) >= 11 is 5.87. The van der Waals surface area contributed by atoms with E-state index in [1.807, 2.05) is 30.3 Å². The minimum Gasteiger partial charge on any atom is -0.491 e. The Bertz CT molecular complexity index is 736. The third-order valence-electron chi connectivity index (χ3n) is 3.25. The maximum atomic E-state index is 11.7. The molecule has 0 aliphatic carbocycles. The number of rotatable bonds is 7. The molecule has 2 aromatic rings. The largest absolute Gasteiger partial charge is 0.491 e. The Kier molecular flexibility index (Phi) is 6.65. The SMILES string of the molecule is CC(COc1ccc(C(=O)O)c(Cl)c1)NC(=O)OCc1ccccc1. The first-order valence-corrected chi connectivity index (χ1v) is 7.96. The fourth-order valence-electron chi connectivity index (χ4n) is 1.99. The fraction of sp³-hybridized carbons (Fsp3) is 0.222. The van der Waals surface area contributed by atoms with E-state index >= 15 is 0 Å². The number of ether oxygens (including phenoxy) is 2. The number of carboxylic acid groups (broad SMARTS) is 1. The molecule has 1 unspecified atom stereocenters. The monoisotopic (exact) mass is 363 g/mol. The molecule has 0 spiro atoms. The van der Waals surface area contributed by atoms with Crippen LogP contribution in [0.4, 0.5) is 4.79 Å². The average Bonchev–Trinajstić information content (AvgIpc) is 2.59. The smallest absolute Gasteiger partial charge is 0.407 e. The van der Waals surface area contributed by atoms with Crippen molar-refractivity contribution in [1.82, 2.24) is 5.32 Å². The summed E-state index contributed by atoms with van der Waals surface area (Å²) in [5.74, 6) is -0.686. The van der Waals surface area contributed by atoms with Gasteiger partial charge in [-0.3, -0.25) is 0 Å². The fourth-order valence-corrected chi connectivity index (χ4v) is 2.24. The second-order valence-corrected chi connectivity index (χ2v) is 5.77. The first kappa shape index (κ1) is 18.6. The van der Waals surface area contributed by atoms with Crippen molar-refractivity contribution in [2.24, 2.45) is 0 Å². The molecule has 0 saturated carbocycles. The number of hydrogen-bond acceptors (Lipinski definition) is 4. The summed E-state index contributed by atoms with van der Waals surface area (Å²) in [7, 11) is 0. The van der Waals surface area contributed by atoms with Crippen LogP contribution in [-0.4, -0.2) is 29.8 Å². The highest BCUT2D eigenvalue weighted by atomic mass is 35.5. The topological polar surface area (TPSA) is 84.9 Å². The summed E-state index contributed by atoms with van der Waals surface area (Å²) in [5.41, 5.74) is 0.902. The molecule has 0 aliphatic rings. The maximum Gasteiger partial charge on any atom is 0.407 e. The molecule has 0 heterocycles. The Morgan fingerprint density at radius 2 is 1.92 bits per heavy atom. The molecular weight excluding hydrogens is 346 g/mol. The van der Waals surface area contributed by atoms with E-state index in [1.165, 1.54) is 18.2 Å². The quantitative estimate of drug-likeness (QED) is 0.782. The van der Waals surface area contributed by atoms with Gasteiger partial charge >= 0.3 is 12.1 Å². The van der Waals surface area contributed by atoms with Gasteiger partial charge in [0.1, 0.15) is 19.0 Å². The summed E-state index contributed by atoms with van der Waals surface area (Å²) in [6.07, 6.45) is -0.542. The molecule has 0 saturated heterocycles. The van der Waals surface area contributed by atoms with E-state index in [-0.39, 0.29) is 29.8 Å². The van der Waals surface area contributed by atoms with Gasteiger partial charge in [-0.25, -0.2) is 9.59 Å². The number of aromatic carboxylic acids is 1. The van der Waals surface area contributed by atoms with E-state index in [4.69, 9.17) is 26.2 Å². The third kappa shape index (κ3) is 6.00. The van der Waals surface area contributed by atoms with Crippen LogP contribution in [0.15, 0.2) is 48.5 Å². The Morgan fingerprint density at radius 1 is 1.20 bits per heavy atom. The Labute approximate surface area is 150 Å². The van der Waals surface area contributed by atoms with Crippen LogP contribution >= 0.6 is 11.6 Å². The maximum absolute atomic E-state index is 11.7. The second-order valence-electron chi connectivity index (χ2n) is 5.36. The van der Waals surface area contributed by atoms with Crippen molar-refractivity contribution in [3.63, 3.8) is 0 Å². The van der Waals surface area contributed by atoms with Gasteiger partial charge in [0.25, 0.3) is 0 Å². The Balaban J connectivity index is 1.76. The number of alkyl carbamates (subject to hydrolysis) is 1. The minimum absolute atomic E-state index is 0.00433. The average molecular weight is 364 g/mol. The van der Waals surface area contributed by atoms with E-state index in [0.717, 1.165) is 5.56 Å². The molecule has 0 radical (unpaired) electrons. The van der Waals surface area contributed by atoms with Crippen molar-refractivity contribution in [1.29, 1.82) is 0 Å². The number of halogens is 1.